The highest BCUT2D eigenvalue weighted by Gasteiger charge is 2.33. The lowest BCUT2D eigenvalue weighted by Crippen LogP contribution is -2.35. The van der Waals surface area contributed by atoms with Gasteiger partial charge in [0.05, 0.1) is 18.1 Å². The van der Waals surface area contributed by atoms with Crippen molar-refractivity contribution in [2.45, 2.75) is 62.5 Å². The molecule has 1 N–H and O–H groups in total. The van der Waals surface area contributed by atoms with E-state index in [4.69, 9.17) is 4.42 Å². The summed E-state index contributed by atoms with van der Waals surface area (Å²) in [5.74, 6) is 2.50. The minimum absolute atomic E-state index is 0.0184. The maximum atomic E-state index is 12.4. The Bertz CT molecular complexity index is 763. The minimum atomic E-state index is -0.240. The van der Waals surface area contributed by atoms with Crippen molar-refractivity contribution in [3.8, 4) is 0 Å². The standard InChI is InChI=1S/C19H27N5O2S/c1-13-7-9-23(10-8-13)18-21-22-19(24(18)15-5-6-15)27-14(2)17(25)20-12-16-4-3-11-26-16/h3-4,11,13-15H,5-10,12H2,1-2H3,(H,20,25). The third-order valence-electron chi connectivity index (χ3n) is 5.29. The largest absolute Gasteiger partial charge is 0.467 e. The molecule has 2 fully saturated rings. The summed E-state index contributed by atoms with van der Waals surface area (Å²) in [6.07, 6.45) is 6.35. The first kappa shape index (κ1) is 18.4. The third kappa shape index (κ3) is 4.31. The van der Waals surface area contributed by atoms with Gasteiger partial charge >= 0.3 is 0 Å². The number of anilines is 1. The van der Waals surface area contributed by atoms with Gasteiger partial charge in [-0.25, -0.2) is 0 Å². The van der Waals surface area contributed by atoms with E-state index in [0.29, 0.717) is 12.6 Å². The summed E-state index contributed by atoms with van der Waals surface area (Å²) in [6, 6.07) is 4.16. The van der Waals surface area contributed by atoms with E-state index in [1.165, 1.54) is 37.4 Å². The van der Waals surface area contributed by atoms with Crippen molar-refractivity contribution < 1.29 is 9.21 Å². The Morgan fingerprint density at radius 3 is 2.78 bits per heavy atom. The molecule has 0 aromatic carbocycles. The summed E-state index contributed by atoms with van der Waals surface area (Å²) >= 11 is 1.49. The van der Waals surface area contributed by atoms with E-state index in [0.717, 1.165) is 35.9 Å². The van der Waals surface area contributed by atoms with Gasteiger partial charge in [0.25, 0.3) is 0 Å². The fourth-order valence-corrected chi connectivity index (χ4v) is 4.31. The predicted octanol–water partition coefficient (Wildman–Crippen LogP) is 3.24. The number of aromatic nitrogens is 3. The summed E-state index contributed by atoms with van der Waals surface area (Å²) in [5.41, 5.74) is 0. The minimum Gasteiger partial charge on any atom is -0.467 e. The molecule has 0 spiro atoms. The van der Waals surface area contributed by atoms with Crippen LogP contribution in [0.5, 0.6) is 0 Å². The van der Waals surface area contributed by atoms with Gasteiger partial charge < -0.3 is 14.6 Å². The second-order valence-corrected chi connectivity index (χ2v) is 8.92. The lowest BCUT2D eigenvalue weighted by molar-refractivity contribution is -0.120. The number of hydrogen-bond acceptors (Lipinski definition) is 6. The number of furan rings is 1. The van der Waals surface area contributed by atoms with Crippen LogP contribution >= 0.6 is 11.8 Å². The Hall–Kier alpha value is -1.96. The topological polar surface area (TPSA) is 76.2 Å². The molecule has 2 aliphatic rings. The van der Waals surface area contributed by atoms with Crippen LogP contribution in [0.1, 0.15) is 51.3 Å². The first-order valence-electron chi connectivity index (χ1n) is 9.78. The highest BCUT2D eigenvalue weighted by atomic mass is 32.2. The van der Waals surface area contributed by atoms with Crippen LogP contribution in [0.25, 0.3) is 0 Å². The molecule has 0 bridgehead atoms. The number of nitrogens with zero attached hydrogens (tertiary/aromatic N) is 4. The van der Waals surface area contributed by atoms with Gasteiger partial charge in [-0.2, -0.15) is 0 Å². The number of amides is 1. The summed E-state index contributed by atoms with van der Waals surface area (Å²) in [4.78, 5) is 14.8. The van der Waals surface area contributed by atoms with Crippen LogP contribution in [0.2, 0.25) is 0 Å². The summed E-state index contributed by atoms with van der Waals surface area (Å²) in [5, 5.41) is 12.5. The zero-order valence-electron chi connectivity index (χ0n) is 15.9. The molecular formula is C19H27N5O2S. The highest BCUT2D eigenvalue weighted by molar-refractivity contribution is 8.00. The lowest BCUT2D eigenvalue weighted by atomic mass is 10.00. The van der Waals surface area contributed by atoms with Crippen LogP contribution in [0.3, 0.4) is 0 Å². The van der Waals surface area contributed by atoms with Crippen molar-refractivity contribution in [3.63, 3.8) is 0 Å². The van der Waals surface area contributed by atoms with Gasteiger partial charge in [0.1, 0.15) is 5.76 Å². The maximum Gasteiger partial charge on any atom is 0.233 e. The van der Waals surface area contributed by atoms with E-state index in [2.05, 4.69) is 31.9 Å². The zero-order chi connectivity index (χ0) is 18.8. The molecule has 1 unspecified atom stereocenters. The van der Waals surface area contributed by atoms with Crippen LogP contribution in [-0.4, -0.2) is 39.0 Å². The molecule has 27 heavy (non-hydrogen) atoms. The molecule has 4 rings (SSSR count). The van der Waals surface area contributed by atoms with Crippen LogP contribution in [-0.2, 0) is 11.3 Å². The van der Waals surface area contributed by atoms with Gasteiger partial charge in [0.2, 0.25) is 11.9 Å². The molecule has 8 heteroatoms. The van der Waals surface area contributed by atoms with Gasteiger partial charge in [-0.05, 0) is 50.7 Å². The van der Waals surface area contributed by atoms with Gasteiger partial charge in [0.15, 0.2) is 5.16 Å². The van der Waals surface area contributed by atoms with E-state index in [1.807, 2.05) is 19.1 Å². The molecule has 1 atom stereocenters. The molecule has 2 aromatic rings. The fraction of sp³-hybridized carbons (Fsp3) is 0.632. The highest BCUT2D eigenvalue weighted by Crippen LogP contribution is 2.42. The number of thioether (sulfide) groups is 1. The number of hydrogen-bond donors (Lipinski definition) is 1. The van der Waals surface area contributed by atoms with E-state index in [1.54, 1.807) is 6.26 Å². The first-order chi connectivity index (χ1) is 13.1. The molecule has 1 aliphatic carbocycles. The average molecular weight is 390 g/mol. The SMILES string of the molecule is CC1CCN(c2nnc(SC(C)C(=O)NCc3ccco3)n2C2CC2)CC1. The smallest absolute Gasteiger partial charge is 0.233 e. The third-order valence-corrected chi connectivity index (χ3v) is 6.35. The van der Waals surface area contributed by atoms with Gasteiger partial charge in [0, 0.05) is 19.1 Å². The number of nitrogens with one attached hydrogen (secondary N) is 1. The Balaban J connectivity index is 1.41. The number of rotatable bonds is 7. The Morgan fingerprint density at radius 1 is 1.33 bits per heavy atom. The van der Waals surface area contributed by atoms with E-state index < -0.39 is 0 Å². The Morgan fingerprint density at radius 2 is 2.11 bits per heavy atom. The van der Waals surface area contributed by atoms with Gasteiger partial charge in [-0.15, -0.1) is 10.2 Å². The van der Waals surface area contributed by atoms with Gasteiger partial charge in [-0.1, -0.05) is 18.7 Å². The van der Waals surface area contributed by atoms with Crippen molar-refractivity contribution in [2.24, 2.45) is 5.92 Å². The fourth-order valence-electron chi connectivity index (χ4n) is 3.37. The van der Waals surface area contributed by atoms with E-state index in [-0.39, 0.29) is 11.2 Å². The molecule has 2 aromatic heterocycles. The quantitative estimate of drug-likeness (QED) is 0.733. The molecule has 1 aliphatic heterocycles. The van der Waals surface area contributed by atoms with Crippen LogP contribution in [0.4, 0.5) is 5.95 Å². The molecule has 3 heterocycles. The first-order valence-corrected chi connectivity index (χ1v) is 10.7. The van der Waals surface area contributed by atoms with Crippen molar-refractivity contribution >= 4 is 23.6 Å². The molecule has 1 amide bonds. The molecule has 0 radical (unpaired) electrons. The Labute approximate surface area is 163 Å². The van der Waals surface area contributed by atoms with Crippen molar-refractivity contribution in [1.29, 1.82) is 0 Å². The predicted molar refractivity (Wildman–Crippen MR) is 105 cm³/mol. The lowest BCUT2D eigenvalue weighted by Gasteiger charge is -2.31. The monoisotopic (exact) mass is 389 g/mol. The molecule has 146 valence electrons. The second kappa shape index (κ2) is 7.96. The van der Waals surface area contributed by atoms with E-state index in [9.17, 15) is 4.79 Å². The van der Waals surface area contributed by atoms with Crippen molar-refractivity contribution in [3.05, 3.63) is 24.2 Å². The Kier molecular flexibility index (Phi) is 5.43. The second-order valence-electron chi connectivity index (χ2n) is 7.61. The summed E-state index contributed by atoms with van der Waals surface area (Å²) < 4.78 is 7.53. The van der Waals surface area contributed by atoms with E-state index >= 15 is 0 Å². The van der Waals surface area contributed by atoms with Crippen LogP contribution < -0.4 is 10.2 Å². The molecule has 7 nitrogen and oxygen atoms in total. The van der Waals surface area contributed by atoms with Crippen molar-refractivity contribution in [1.82, 2.24) is 20.1 Å². The maximum absolute atomic E-state index is 12.4. The van der Waals surface area contributed by atoms with Gasteiger partial charge in [-0.3, -0.25) is 9.36 Å². The zero-order valence-corrected chi connectivity index (χ0v) is 16.7. The number of carbonyl (C=O) groups is 1. The normalized spacial score (nSPS) is 19.3. The number of carbonyl (C=O) groups excluding carboxylic acids is 1. The summed E-state index contributed by atoms with van der Waals surface area (Å²) in [7, 11) is 0. The average Bonchev–Trinajstić information content (AvgIpc) is 3.20. The molecule has 1 saturated heterocycles. The van der Waals surface area contributed by atoms with Crippen molar-refractivity contribution in [2.75, 3.05) is 18.0 Å². The number of piperidine rings is 1. The molecule has 1 saturated carbocycles. The van der Waals surface area contributed by atoms with Crippen LogP contribution in [0.15, 0.2) is 28.0 Å². The van der Waals surface area contributed by atoms with Crippen LogP contribution in [0, 0.1) is 5.92 Å². The summed E-state index contributed by atoms with van der Waals surface area (Å²) in [6.45, 7) is 6.71. The molecular weight excluding hydrogens is 362 g/mol.